The molecule has 0 spiro atoms. The van der Waals surface area contributed by atoms with Crippen LogP contribution < -0.4 is 5.56 Å². The normalized spacial score (nSPS) is 11.1. The smallest absolute Gasteiger partial charge is 0.258 e. The van der Waals surface area contributed by atoms with Crippen molar-refractivity contribution in [2.75, 3.05) is 6.61 Å². The fourth-order valence-corrected chi connectivity index (χ4v) is 1.99. The molecule has 0 bridgehead atoms. The first-order valence-electron chi connectivity index (χ1n) is 6.23. The van der Waals surface area contributed by atoms with Crippen molar-refractivity contribution in [2.45, 2.75) is 13.0 Å². The van der Waals surface area contributed by atoms with Crippen molar-refractivity contribution in [2.24, 2.45) is 0 Å². The van der Waals surface area contributed by atoms with Crippen LogP contribution in [0.4, 0.5) is 0 Å². The van der Waals surface area contributed by atoms with Gasteiger partial charge in [-0.05, 0) is 12.1 Å². The van der Waals surface area contributed by atoms with Gasteiger partial charge in [0.15, 0.2) is 0 Å². The van der Waals surface area contributed by atoms with E-state index >= 15 is 0 Å². The van der Waals surface area contributed by atoms with Gasteiger partial charge in [0.05, 0.1) is 17.9 Å². The molecule has 3 rings (SSSR count). The molecule has 0 saturated heterocycles. The molecule has 7 heteroatoms. The molecule has 1 N–H and O–H groups in total. The summed E-state index contributed by atoms with van der Waals surface area (Å²) in [6.45, 7) is 0.410. The predicted octanol–water partition coefficient (Wildman–Crippen LogP) is -0.131. The van der Waals surface area contributed by atoms with Crippen molar-refractivity contribution in [3.8, 4) is 0 Å². The Kier molecular flexibility index (Phi) is 3.26. The summed E-state index contributed by atoms with van der Waals surface area (Å²) in [6.07, 6.45) is 3.89. The van der Waals surface area contributed by atoms with Crippen molar-refractivity contribution >= 4 is 5.65 Å². The van der Waals surface area contributed by atoms with Crippen LogP contribution in [0.5, 0.6) is 0 Å². The first kappa shape index (κ1) is 12.5. The van der Waals surface area contributed by atoms with E-state index in [1.165, 1.54) is 10.5 Å². The Hall–Kier alpha value is -2.54. The molecule has 0 aliphatic carbocycles. The second-order valence-electron chi connectivity index (χ2n) is 4.40. The summed E-state index contributed by atoms with van der Waals surface area (Å²) < 4.78 is 3.09. The molecule has 3 aromatic rings. The summed E-state index contributed by atoms with van der Waals surface area (Å²) in [7, 11) is 0. The first-order valence-corrected chi connectivity index (χ1v) is 6.23. The van der Waals surface area contributed by atoms with E-state index < -0.39 is 0 Å². The number of hydrogen-bond donors (Lipinski definition) is 1. The molecule has 0 fully saturated rings. The molecule has 0 aliphatic heterocycles. The summed E-state index contributed by atoms with van der Waals surface area (Å²) >= 11 is 0. The fourth-order valence-electron chi connectivity index (χ4n) is 1.99. The van der Waals surface area contributed by atoms with Crippen LogP contribution in [0.2, 0.25) is 0 Å². The Morgan fingerprint density at radius 3 is 3.00 bits per heavy atom. The van der Waals surface area contributed by atoms with Gasteiger partial charge in [0, 0.05) is 31.5 Å². The van der Waals surface area contributed by atoms with Gasteiger partial charge in [0.1, 0.15) is 5.65 Å². The van der Waals surface area contributed by atoms with Crippen LogP contribution in [0, 0.1) is 0 Å². The van der Waals surface area contributed by atoms with Crippen LogP contribution in [0.15, 0.2) is 41.5 Å². The third-order valence-electron chi connectivity index (χ3n) is 2.90. The van der Waals surface area contributed by atoms with Crippen molar-refractivity contribution < 1.29 is 5.11 Å². The number of pyridine rings is 1. The maximum absolute atomic E-state index is 11.9. The van der Waals surface area contributed by atoms with Gasteiger partial charge < -0.3 is 5.11 Å². The van der Waals surface area contributed by atoms with Crippen LogP contribution in [-0.4, -0.2) is 36.1 Å². The summed E-state index contributed by atoms with van der Waals surface area (Å²) in [4.78, 5) is 16.4. The number of fused-ring (bicyclic) bond motifs is 1. The van der Waals surface area contributed by atoms with Gasteiger partial charge >= 0.3 is 0 Å². The third-order valence-corrected chi connectivity index (χ3v) is 2.90. The van der Waals surface area contributed by atoms with E-state index in [9.17, 15) is 4.79 Å². The van der Waals surface area contributed by atoms with E-state index in [0.29, 0.717) is 30.0 Å². The van der Waals surface area contributed by atoms with Crippen LogP contribution in [-0.2, 0) is 13.0 Å². The largest absolute Gasteiger partial charge is 0.396 e. The first-order chi connectivity index (χ1) is 9.76. The molecular weight excluding hydrogens is 258 g/mol. The summed E-state index contributed by atoms with van der Waals surface area (Å²) in [5, 5.41) is 16.7. The molecule has 0 unspecified atom stereocenters. The summed E-state index contributed by atoms with van der Waals surface area (Å²) in [6, 6.07) is 6.89. The Balaban J connectivity index is 1.92. The highest BCUT2D eigenvalue weighted by Crippen LogP contribution is 2.01. The van der Waals surface area contributed by atoms with Gasteiger partial charge in [-0.25, -0.2) is 9.67 Å². The fraction of sp³-hybridized carbons (Fsp3) is 0.231. The molecule has 3 heterocycles. The Labute approximate surface area is 114 Å². The lowest BCUT2D eigenvalue weighted by atomic mass is 10.3. The van der Waals surface area contributed by atoms with Crippen molar-refractivity contribution in [1.82, 2.24) is 24.4 Å². The molecule has 0 atom stereocenters. The Morgan fingerprint density at radius 2 is 2.15 bits per heavy atom. The lowest BCUT2D eigenvalue weighted by molar-refractivity contribution is 0.298. The molecule has 102 valence electrons. The Morgan fingerprint density at radius 1 is 1.25 bits per heavy atom. The number of aromatic nitrogens is 5. The average Bonchev–Trinajstić information content (AvgIpc) is 2.87. The quantitative estimate of drug-likeness (QED) is 0.714. The monoisotopic (exact) mass is 271 g/mol. The van der Waals surface area contributed by atoms with Gasteiger partial charge in [0.25, 0.3) is 5.56 Å². The number of hydrogen-bond acceptors (Lipinski definition) is 5. The molecule has 3 aromatic heterocycles. The van der Waals surface area contributed by atoms with Crippen LogP contribution in [0.25, 0.3) is 5.65 Å². The average molecular weight is 271 g/mol. The highest BCUT2D eigenvalue weighted by atomic mass is 16.3. The molecule has 20 heavy (non-hydrogen) atoms. The lowest BCUT2D eigenvalue weighted by Gasteiger charge is -2.03. The van der Waals surface area contributed by atoms with E-state index in [1.807, 2.05) is 6.07 Å². The zero-order valence-corrected chi connectivity index (χ0v) is 10.7. The van der Waals surface area contributed by atoms with Crippen LogP contribution in [0.3, 0.4) is 0 Å². The van der Waals surface area contributed by atoms with E-state index in [-0.39, 0.29) is 12.2 Å². The molecule has 0 aromatic carbocycles. The third kappa shape index (κ3) is 2.43. The van der Waals surface area contributed by atoms with Crippen molar-refractivity contribution in [3.05, 3.63) is 58.4 Å². The maximum Gasteiger partial charge on any atom is 0.258 e. The van der Waals surface area contributed by atoms with Gasteiger partial charge in [0.2, 0.25) is 0 Å². The minimum absolute atomic E-state index is 0.0360. The van der Waals surface area contributed by atoms with E-state index in [4.69, 9.17) is 5.11 Å². The highest BCUT2D eigenvalue weighted by Gasteiger charge is 2.05. The predicted molar refractivity (Wildman–Crippen MR) is 71.4 cm³/mol. The minimum atomic E-state index is -0.124. The summed E-state index contributed by atoms with van der Waals surface area (Å²) in [5.74, 6) is 0. The molecular formula is C13H13N5O2. The molecule has 0 amide bonds. The standard InChI is InChI=1S/C13H13N5O2/c19-6-4-10-8-17(16-15-10)9-11-7-13(20)18-5-2-1-3-12(18)14-11/h1-3,5,7-8,19H,4,6,9H2. The SMILES string of the molecule is O=c1cc(Cn2cc(CCO)nn2)nc2ccccn12. The van der Waals surface area contributed by atoms with Gasteiger partial charge in [-0.2, -0.15) is 0 Å². The van der Waals surface area contributed by atoms with Gasteiger partial charge in [-0.1, -0.05) is 11.3 Å². The van der Waals surface area contributed by atoms with Gasteiger partial charge in [-0.3, -0.25) is 9.20 Å². The number of rotatable bonds is 4. The highest BCUT2D eigenvalue weighted by molar-refractivity contribution is 5.37. The minimum Gasteiger partial charge on any atom is -0.396 e. The van der Waals surface area contributed by atoms with Crippen molar-refractivity contribution in [3.63, 3.8) is 0 Å². The zero-order valence-electron chi connectivity index (χ0n) is 10.7. The molecule has 0 radical (unpaired) electrons. The Bertz CT molecular complexity index is 793. The molecule has 0 saturated carbocycles. The van der Waals surface area contributed by atoms with Crippen LogP contribution >= 0.6 is 0 Å². The number of nitrogens with zero attached hydrogens (tertiary/aromatic N) is 5. The topological polar surface area (TPSA) is 85.3 Å². The second kappa shape index (κ2) is 5.22. The van der Waals surface area contributed by atoms with Crippen molar-refractivity contribution in [1.29, 1.82) is 0 Å². The zero-order chi connectivity index (χ0) is 13.9. The lowest BCUT2D eigenvalue weighted by Crippen LogP contribution is -2.16. The number of aliphatic hydroxyl groups is 1. The summed E-state index contributed by atoms with van der Waals surface area (Å²) in [5.41, 5.74) is 1.82. The maximum atomic E-state index is 11.9. The van der Waals surface area contributed by atoms with E-state index in [1.54, 1.807) is 29.2 Å². The molecule has 0 aliphatic rings. The van der Waals surface area contributed by atoms with E-state index in [2.05, 4.69) is 15.3 Å². The second-order valence-corrected chi connectivity index (χ2v) is 4.40. The van der Waals surface area contributed by atoms with E-state index in [0.717, 1.165) is 0 Å². The van der Waals surface area contributed by atoms with Gasteiger partial charge in [-0.15, -0.1) is 5.10 Å². The molecule has 7 nitrogen and oxygen atoms in total. The van der Waals surface area contributed by atoms with Crippen LogP contribution in [0.1, 0.15) is 11.4 Å². The number of aliphatic hydroxyl groups excluding tert-OH is 1.